The van der Waals surface area contributed by atoms with Crippen LogP contribution in [0.4, 0.5) is 5.69 Å². The molecule has 0 saturated carbocycles. The van der Waals surface area contributed by atoms with E-state index in [9.17, 15) is 18.0 Å². The van der Waals surface area contributed by atoms with Crippen LogP contribution in [0.15, 0.2) is 72.8 Å². The van der Waals surface area contributed by atoms with Gasteiger partial charge in [-0.2, -0.15) is 0 Å². The van der Waals surface area contributed by atoms with E-state index in [1.54, 1.807) is 24.3 Å². The van der Waals surface area contributed by atoms with Crippen molar-refractivity contribution in [3.05, 3.63) is 99.0 Å². The van der Waals surface area contributed by atoms with Crippen LogP contribution in [0, 0.1) is 0 Å². The van der Waals surface area contributed by atoms with Gasteiger partial charge in [-0.05, 0) is 48.7 Å². The van der Waals surface area contributed by atoms with E-state index in [4.69, 9.17) is 34.8 Å². The van der Waals surface area contributed by atoms with Crippen molar-refractivity contribution in [2.24, 2.45) is 0 Å². The summed E-state index contributed by atoms with van der Waals surface area (Å²) in [6.07, 6.45) is 1.89. The molecule has 0 saturated heterocycles. The van der Waals surface area contributed by atoms with Crippen molar-refractivity contribution < 1.29 is 18.0 Å². The van der Waals surface area contributed by atoms with Gasteiger partial charge in [-0.15, -0.1) is 0 Å². The molecule has 0 aliphatic carbocycles. The zero-order valence-corrected chi connectivity index (χ0v) is 25.6. The van der Waals surface area contributed by atoms with Crippen LogP contribution < -0.4 is 9.62 Å². The Hall–Kier alpha value is -2.78. The van der Waals surface area contributed by atoms with Crippen molar-refractivity contribution in [1.82, 2.24) is 10.2 Å². The average Bonchev–Trinajstić information content (AvgIpc) is 2.90. The maximum absolute atomic E-state index is 14.1. The molecule has 214 valence electrons. The highest BCUT2D eigenvalue weighted by Gasteiger charge is 2.34. The van der Waals surface area contributed by atoms with Gasteiger partial charge in [0.2, 0.25) is 21.8 Å². The number of sulfonamides is 1. The zero-order chi connectivity index (χ0) is 29.4. The molecule has 0 heterocycles. The summed E-state index contributed by atoms with van der Waals surface area (Å²) >= 11 is 18.8. The SMILES string of the molecule is CC[C@H](C)NC(=O)[C@H](Cc1ccccc1)N(Cc1ccccc1Cl)C(=O)CN(c1ccc(Cl)cc1Cl)S(C)(=O)=O. The summed E-state index contributed by atoms with van der Waals surface area (Å²) < 4.78 is 26.7. The highest BCUT2D eigenvalue weighted by molar-refractivity contribution is 7.92. The number of hydrogen-bond acceptors (Lipinski definition) is 4. The number of carbonyl (C=O) groups excluding carboxylic acids is 2. The fraction of sp³-hybridized carbons (Fsp3) is 0.310. The highest BCUT2D eigenvalue weighted by atomic mass is 35.5. The quantitative estimate of drug-likeness (QED) is 0.269. The minimum absolute atomic E-state index is 0.0180. The van der Waals surface area contributed by atoms with Crippen molar-refractivity contribution in [3.63, 3.8) is 0 Å². The predicted octanol–water partition coefficient (Wildman–Crippen LogP) is 5.97. The Balaban J connectivity index is 2.09. The lowest BCUT2D eigenvalue weighted by atomic mass is 10.0. The summed E-state index contributed by atoms with van der Waals surface area (Å²) in [5, 5.41) is 3.79. The van der Waals surface area contributed by atoms with Crippen molar-refractivity contribution >= 4 is 62.3 Å². The first-order valence-corrected chi connectivity index (χ1v) is 15.7. The molecule has 0 aliphatic heterocycles. The number of nitrogens with one attached hydrogen (secondary N) is 1. The number of halogens is 3. The first-order valence-electron chi connectivity index (χ1n) is 12.7. The van der Waals surface area contributed by atoms with Gasteiger partial charge in [0.15, 0.2) is 0 Å². The second-order valence-corrected chi connectivity index (χ2v) is 12.7. The summed E-state index contributed by atoms with van der Waals surface area (Å²) in [7, 11) is -3.96. The van der Waals surface area contributed by atoms with Crippen molar-refractivity contribution in [1.29, 1.82) is 0 Å². The normalized spacial score (nSPS) is 12.8. The van der Waals surface area contributed by atoms with E-state index < -0.39 is 28.5 Å². The van der Waals surface area contributed by atoms with E-state index in [1.807, 2.05) is 44.2 Å². The molecule has 0 aliphatic rings. The largest absolute Gasteiger partial charge is 0.352 e. The average molecular weight is 625 g/mol. The molecule has 0 aromatic heterocycles. The van der Waals surface area contributed by atoms with E-state index in [-0.39, 0.29) is 35.6 Å². The lowest BCUT2D eigenvalue weighted by Gasteiger charge is -2.34. The smallest absolute Gasteiger partial charge is 0.244 e. The van der Waals surface area contributed by atoms with E-state index in [0.29, 0.717) is 22.0 Å². The Bertz CT molecular complexity index is 1440. The van der Waals surface area contributed by atoms with E-state index in [1.165, 1.54) is 23.1 Å². The Morgan fingerprint density at radius 1 is 0.925 bits per heavy atom. The van der Waals surface area contributed by atoms with Gasteiger partial charge >= 0.3 is 0 Å². The van der Waals surface area contributed by atoms with Crippen LogP contribution in [-0.2, 0) is 32.6 Å². The predicted molar refractivity (Wildman–Crippen MR) is 162 cm³/mol. The highest BCUT2D eigenvalue weighted by Crippen LogP contribution is 2.31. The first kappa shape index (κ1) is 31.7. The molecule has 2 amide bonds. The Labute approximate surface area is 251 Å². The Morgan fingerprint density at radius 3 is 2.17 bits per heavy atom. The molecule has 3 aromatic carbocycles. The number of rotatable bonds is 12. The molecule has 0 bridgehead atoms. The van der Waals surface area contributed by atoms with Gasteiger partial charge in [-0.3, -0.25) is 13.9 Å². The van der Waals surface area contributed by atoms with Gasteiger partial charge in [-0.25, -0.2) is 8.42 Å². The van der Waals surface area contributed by atoms with Crippen LogP contribution in [0.1, 0.15) is 31.4 Å². The third-order valence-corrected chi connectivity index (χ3v) is 8.46. The first-order chi connectivity index (χ1) is 18.9. The van der Waals surface area contributed by atoms with Gasteiger partial charge in [0.1, 0.15) is 12.6 Å². The van der Waals surface area contributed by atoms with Crippen LogP contribution >= 0.6 is 34.8 Å². The summed E-state index contributed by atoms with van der Waals surface area (Å²) in [5.41, 5.74) is 1.55. The maximum atomic E-state index is 14.1. The molecule has 7 nitrogen and oxygen atoms in total. The monoisotopic (exact) mass is 623 g/mol. The van der Waals surface area contributed by atoms with Crippen molar-refractivity contribution in [3.8, 4) is 0 Å². The van der Waals surface area contributed by atoms with Gasteiger partial charge in [0.25, 0.3) is 0 Å². The maximum Gasteiger partial charge on any atom is 0.244 e. The third kappa shape index (κ3) is 8.61. The van der Waals surface area contributed by atoms with Crippen LogP contribution in [0.25, 0.3) is 0 Å². The van der Waals surface area contributed by atoms with E-state index >= 15 is 0 Å². The number of anilines is 1. The minimum Gasteiger partial charge on any atom is -0.352 e. The molecule has 11 heteroatoms. The molecule has 0 fully saturated rings. The topological polar surface area (TPSA) is 86.8 Å². The molecule has 1 N–H and O–H groups in total. The van der Waals surface area contributed by atoms with Crippen molar-refractivity contribution in [2.75, 3.05) is 17.1 Å². The zero-order valence-electron chi connectivity index (χ0n) is 22.5. The standard InChI is InChI=1S/C29H32Cl3N3O4S/c1-4-20(2)33-29(37)27(16-21-10-6-5-7-11-21)34(18-22-12-8-9-13-24(22)31)28(36)19-35(40(3,38)39)26-15-14-23(30)17-25(26)32/h5-15,17,20,27H,4,16,18-19H2,1-3H3,(H,33,37)/t20-,27-/m0/s1. The number of amides is 2. The second-order valence-electron chi connectivity index (χ2n) is 9.50. The van der Waals surface area contributed by atoms with Gasteiger partial charge in [0, 0.05) is 29.1 Å². The summed E-state index contributed by atoms with van der Waals surface area (Å²) in [6.45, 7) is 3.22. The number of nitrogens with zero attached hydrogens (tertiary/aromatic N) is 2. The van der Waals surface area contributed by atoms with Gasteiger partial charge in [-0.1, -0.05) is 90.3 Å². The fourth-order valence-electron chi connectivity index (χ4n) is 4.08. The van der Waals surface area contributed by atoms with Crippen LogP contribution in [0.2, 0.25) is 15.1 Å². The molecule has 3 rings (SSSR count). The molecule has 0 spiro atoms. The summed E-state index contributed by atoms with van der Waals surface area (Å²) in [5.74, 6) is -0.953. The second kappa shape index (κ2) is 14.2. The molecule has 0 radical (unpaired) electrons. The molecule has 0 unspecified atom stereocenters. The van der Waals surface area contributed by atoms with E-state index in [0.717, 1.165) is 16.1 Å². The Morgan fingerprint density at radius 2 is 1.57 bits per heavy atom. The van der Waals surface area contributed by atoms with Gasteiger partial charge < -0.3 is 10.2 Å². The van der Waals surface area contributed by atoms with Crippen LogP contribution in [-0.4, -0.2) is 50.0 Å². The third-order valence-electron chi connectivity index (χ3n) is 6.43. The lowest BCUT2D eigenvalue weighted by Crippen LogP contribution is -2.54. The van der Waals surface area contributed by atoms with E-state index in [2.05, 4.69) is 5.32 Å². The number of hydrogen-bond donors (Lipinski definition) is 1. The summed E-state index contributed by atoms with van der Waals surface area (Å²) in [4.78, 5) is 29.1. The number of carbonyl (C=O) groups is 2. The lowest BCUT2D eigenvalue weighted by molar-refractivity contribution is -0.140. The van der Waals surface area contributed by atoms with Crippen LogP contribution in [0.5, 0.6) is 0 Å². The summed E-state index contributed by atoms with van der Waals surface area (Å²) in [6, 6.07) is 19.6. The molecular weight excluding hydrogens is 593 g/mol. The molecular formula is C29H32Cl3N3O4S. The van der Waals surface area contributed by atoms with Crippen molar-refractivity contribution in [2.45, 2.75) is 45.3 Å². The molecule has 40 heavy (non-hydrogen) atoms. The van der Waals surface area contributed by atoms with Crippen LogP contribution in [0.3, 0.4) is 0 Å². The number of benzene rings is 3. The molecule has 2 atom stereocenters. The van der Waals surface area contributed by atoms with Gasteiger partial charge in [0.05, 0.1) is 17.0 Å². The Kier molecular flexibility index (Phi) is 11.3. The minimum atomic E-state index is -3.96. The molecule has 3 aromatic rings. The fourth-order valence-corrected chi connectivity index (χ4v) is 5.70.